The van der Waals surface area contributed by atoms with Gasteiger partial charge in [0.1, 0.15) is 18.2 Å². The largest absolute Gasteiger partial charge is 0.492 e. The number of carbonyl (C=O) groups excluding carboxylic acids is 1. The number of hydrogen-bond acceptors (Lipinski definition) is 3. The van der Waals surface area contributed by atoms with Crippen LogP contribution in [0.4, 0.5) is 0 Å². The van der Waals surface area contributed by atoms with Crippen LogP contribution in [0.1, 0.15) is 53.5 Å². The summed E-state index contributed by atoms with van der Waals surface area (Å²) in [4.78, 5) is 17.2. The van der Waals surface area contributed by atoms with Gasteiger partial charge < -0.3 is 14.6 Å². The van der Waals surface area contributed by atoms with E-state index in [1.54, 1.807) is 0 Å². The monoisotopic (exact) mass is 455 g/mol. The summed E-state index contributed by atoms with van der Waals surface area (Å²) in [5.41, 5.74) is 5.25. The molecule has 1 aromatic heterocycles. The average molecular weight is 456 g/mol. The number of nitrogens with zero attached hydrogens (tertiary/aromatic N) is 2. The molecule has 0 aliphatic rings. The highest BCUT2D eigenvalue weighted by Crippen LogP contribution is 2.20. The highest BCUT2D eigenvalue weighted by Gasteiger charge is 2.11. The summed E-state index contributed by atoms with van der Waals surface area (Å²) < 4.78 is 8.26. The van der Waals surface area contributed by atoms with Crippen LogP contribution in [0.5, 0.6) is 5.75 Å². The molecule has 4 aromatic rings. The molecule has 0 aliphatic carbocycles. The van der Waals surface area contributed by atoms with E-state index in [-0.39, 0.29) is 5.91 Å². The van der Waals surface area contributed by atoms with Crippen LogP contribution in [0, 0.1) is 6.92 Å². The predicted octanol–water partition coefficient (Wildman–Crippen LogP) is 5.91. The Balaban J connectivity index is 1.35. The van der Waals surface area contributed by atoms with Crippen LogP contribution in [-0.2, 0) is 13.0 Å². The lowest BCUT2D eigenvalue weighted by atomic mass is 10.0. The number of nitrogens with one attached hydrogen (secondary N) is 1. The Kier molecular flexibility index (Phi) is 7.63. The number of ether oxygens (including phenoxy) is 1. The first kappa shape index (κ1) is 23.6. The molecule has 0 radical (unpaired) electrons. The van der Waals surface area contributed by atoms with Crippen LogP contribution in [-0.4, -0.2) is 28.6 Å². The van der Waals surface area contributed by atoms with E-state index < -0.39 is 0 Å². The molecule has 34 heavy (non-hydrogen) atoms. The molecule has 0 aliphatic heterocycles. The van der Waals surface area contributed by atoms with Gasteiger partial charge in [-0.2, -0.15) is 0 Å². The first-order chi connectivity index (χ1) is 16.5. The predicted molar refractivity (Wildman–Crippen MR) is 138 cm³/mol. The topological polar surface area (TPSA) is 56.2 Å². The first-order valence-corrected chi connectivity index (χ1v) is 12.0. The smallest absolute Gasteiger partial charge is 0.251 e. The highest BCUT2D eigenvalue weighted by atomic mass is 16.5. The second-order valence-electron chi connectivity index (χ2n) is 8.97. The number of amides is 1. The average Bonchev–Trinajstić information content (AvgIpc) is 3.20. The van der Waals surface area contributed by atoms with Gasteiger partial charge in [0.05, 0.1) is 17.6 Å². The molecular weight excluding hydrogens is 422 g/mol. The van der Waals surface area contributed by atoms with E-state index in [9.17, 15) is 4.79 Å². The van der Waals surface area contributed by atoms with Crippen LogP contribution in [0.15, 0.2) is 72.8 Å². The minimum absolute atomic E-state index is 0.0367. The maximum atomic E-state index is 12.4. The van der Waals surface area contributed by atoms with Crippen molar-refractivity contribution in [2.75, 3.05) is 13.2 Å². The number of para-hydroxylation sites is 2. The molecule has 1 heterocycles. The standard InChI is InChI=1S/C29H33N3O2/c1-21(2)23-14-16-25(17-15-23)34-20-19-32-27-8-5-4-7-26(27)31-28(32)9-6-18-30-29(33)24-12-10-22(3)11-13-24/h4-5,7-8,10-17,21H,6,9,18-20H2,1-3H3,(H,30,33). The van der Waals surface area contributed by atoms with Crippen LogP contribution in [0.3, 0.4) is 0 Å². The Morgan fingerprint density at radius 3 is 2.47 bits per heavy atom. The lowest BCUT2D eigenvalue weighted by Gasteiger charge is -2.12. The molecule has 176 valence electrons. The lowest BCUT2D eigenvalue weighted by molar-refractivity contribution is 0.0953. The van der Waals surface area contributed by atoms with E-state index >= 15 is 0 Å². The number of carbonyl (C=O) groups is 1. The fourth-order valence-corrected chi connectivity index (χ4v) is 4.02. The van der Waals surface area contributed by atoms with Crippen LogP contribution in [0.2, 0.25) is 0 Å². The maximum Gasteiger partial charge on any atom is 0.251 e. The molecule has 0 saturated carbocycles. The molecule has 0 unspecified atom stereocenters. The molecule has 0 fully saturated rings. The minimum Gasteiger partial charge on any atom is -0.492 e. The Bertz CT molecular complexity index is 1220. The summed E-state index contributed by atoms with van der Waals surface area (Å²) in [5, 5.41) is 3.02. The van der Waals surface area contributed by atoms with Crippen molar-refractivity contribution >= 4 is 16.9 Å². The summed E-state index contributed by atoms with van der Waals surface area (Å²) in [6.45, 7) is 8.29. The molecule has 1 amide bonds. The highest BCUT2D eigenvalue weighted by molar-refractivity contribution is 5.94. The van der Waals surface area contributed by atoms with Crippen molar-refractivity contribution in [3.8, 4) is 5.75 Å². The molecule has 3 aromatic carbocycles. The quantitative estimate of drug-likeness (QED) is 0.303. The fourth-order valence-electron chi connectivity index (χ4n) is 4.02. The normalized spacial score (nSPS) is 11.2. The van der Waals surface area contributed by atoms with E-state index in [0.29, 0.717) is 24.6 Å². The van der Waals surface area contributed by atoms with Crippen molar-refractivity contribution in [3.05, 3.63) is 95.3 Å². The number of benzene rings is 3. The van der Waals surface area contributed by atoms with Gasteiger partial charge in [-0.15, -0.1) is 0 Å². The Labute approximate surface area is 201 Å². The third kappa shape index (κ3) is 5.84. The van der Waals surface area contributed by atoms with Gasteiger partial charge in [0, 0.05) is 18.5 Å². The van der Waals surface area contributed by atoms with E-state index in [0.717, 1.165) is 47.6 Å². The van der Waals surface area contributed by atoms with Crippen molar-refractivity contribution < 1.29 is 9.53 Å². The zero-order chi connectivity index (χ0) is 23.9. The number of aromatic nitrogens is 2. The lowest BCUT2D eigenvalue weighted by Crippen LogP contribution is -2.25. The number of aryl methyl sites for hydroxylation is 2. The number of rotatable bonds is 10. The Morgan fingerprint density at radius 2 is 1.74 bits per heavy atom. The van der Waals surface area contributed by atoms with Gasteiger partial charge in [0.15, 0.2) is 0 Å². The molecule has 1 N–H and O–H groups in total. The summed E-state index contributed by atoms with van der Waals surface area (Å²) in [7, 11) is 0. The second-order valence-corrected chi connectivity index (χ2v) is 8.97. The van der Waals surface area contributed by atoms with E-state index in [1.807, 2.05) is 61.5 Å². The maximum absolute atomic E-state index is 12.4. The molecular formula is C29H33N3O2. The number of imidazole rings is 1. The van der Waals surface area contributed by atoms with Gasteiger partial charge in [-0.05, 0) is 61.2 Å². The first-order valence-electron chi connectivity index (χ1n) is 12.0. The third-order valence-electron chi connectivity index (χ3n) is 6.04. The van der Waals surface area contributed by atoms with Gasteiger partial charge in [-0.25, -0.2) is 4.98 Å². The minimum atomic E-state index is -0.0367. The molecule has 4 rings (SSSR count). The van der Waals surface area contributed by atoms with Gasteiger partial charge in [0.2, 0.25) is 0 Å². The van der Waals surface area contributed by atoms with Gasteiger partial charge in [-0.3, -0.25) is 4.79 Å². The van der Waals surface area contributed by atoms with Crippen LogP contribution in [0.25, 0.3) is 11.0 Å². The summed E-state index contributed by atoms with van der Waals surface area (Å²) in [6.07, 6.45) is 1.60. The van der Waals surface area contributed by atoms with Crippen molar-refractivity contribution in [3.63, 3.8) is 0 Å². The van der Waals surface area contributed by atoms with E-state index in [4.69, 9.17) is 9.72 Å². The Hall–Kier alpha value is -3.60. The molecule has 0 atom stereocenters. The molecule has 0 saturated heterocycles. The zero-order valence-electron chi connectivity index (χ0n) is 20.3. The van der Waals surface area contributed by atoms with Gasteiger partial charge in [-0.1, -0.05) is 55.8 Å². The zero-order valence-corrected chi connectivity index (χ0v) is 20.3. The number of fused-ring (bicyclic) bond motifs is 1. The molecule has 0 spiro atoms. The van der Waals surface area contributed by atoms with Crippen molar-refractivity contribution in [1.29, 1.82) is 0 Å². The van der Waals surface area contributed by atoms with Crippen LogP contribution >= 0.6 is 0 Å². The molecule has 5 heteroatoms. The Morgan fingerprint density at radius 1 is 1.00 bits per heavy atom. The van der Waals surface area contributed by atoms with Crippen molar-refractivity contribution in [1.82, 2.24) is 14.9 Å². The molecule has 5 nitrogen and oxygen atoms in total. The summed E-state index contributed by atoms with van der Waals surface area (Å²) >= 11 is 0. The molecule has 0 bridgehead atoms. The van der Waals surface area contributed by atoms with Gasteiger partial charge in [0.25, 0.3) is 5.91 Å². The van der Waals surface area contributed by atoms with E-state index in [2.05, 4.69) is 41.9 Å². The van der Waals surface area contributed by atoms with Crippen molar-refractivity contribution in [2.24, 2.45) is 0 Å². The van der Waals surface area contributed by atoms with E-state index in [1.165, 1.54) is 5.56 Å². The summed E-state index contributed by atoms with van der Waals surface area (Å²) in [5.74, 6) is 2.37. The third-order valence-corrected chi connectivity index (χ3v) is 6.04. The van der Waals surface area contributed by atoms with Crippen molar-refractivity contribution in [2.45, 2.75) is 46.1 Å². The van der Waals surface area contributed by atoms with Crippen LogP contribution < -0.4 is 10.1 Å². The van der Waals surface area contributed by atoms with Gasteiger partial charge >= 0.3 is 0 Å². The summed E-state index contributed by atoms with van der Waals surface area (Å²) in [6, 6.07) is 24.2. The SMILES string of the molecule is Cc1ccc(C(=O)NCCCc2nc3ccccc3n2CCOc2ccc(C(C)C)cc2)cc1. The second kappa shape index (κ2) is 11.0. The number of hydrogen-bond donors (Lipinski definition) is 1. The fraction of sp³-hybridized carbons (Fsp3) is 0.310.